The van der Waals surface area contributed by atoms with Crippen molar-refractivity contribution < 1.29 is 20.4 Å². The van der Waals surface area contributed by atoms with Gasteiger partial charge in [0.25, 0.3) is 0 Å². The van der Waals surface area contributed by atoms with Crippen molar-refractivity contribution in [2.45, 2.75) is 144 Å². The first kappa shape index (κ1) is 44.2. The third-order valence-electron chi connectivity index (χ3n) is 17.7. The summed E-state index contributed by atoms with van der Waals surface area (Å²) in [6.07, 6.45) is 10.0. The largest absolute Gasteiger partial charge is 0.395 e. The molecule has 8 aliphatic rings. The Morgan fingerprint density at radius 3 is 1.00 bits per heavy atom. The fourth-order valence-electron chi connectivity index (χ4n) is 12.6. The van der Waals surface area contributed by atoms with Gasteiger partial charge in [0.15, 0.2) is 0 Å². The number of nitrogens with zero attached hydrogens (tertiary/aromatic N) is 2. The Kier molecular flexibility index (Phi) is 12.3. The summed E-state index contributed by atoms with van der Waals surface area (Å²) in [6.45, 7) is 26.5. The lowest BCUT2D eigenvalue weighted by atomic mass is 9.93. The van der Waals surface area contributed by atoms with Crippen molar-refractivity contribution in [2.24, 2.45) is 43.3 Å². The third-order valence-corrected chi connectivity index (χ3v) is 17.7. The summed E-state index contributed by atoms with van der Waals surface area (Å²) in [7, 11) is 0. The monoisotopic (exact) mass is 801 g/mol. The highest BCUT2D eigenvalue weighted by Crippen LogP contribution is 2.70. The van der Waals surface area contributed by atoms with E-state index in [9.17, 15) is 10.2 Å². The van der Waals surface area contributed by atoms with Crippen molar-refractivity contribution >= 4 is 0 Å². The molecule has 8 heteroatoms. The van der Waals surface area contributed by atoms with E-state index < -0.39 is 0 Å². The van der Waals surface area contributed by atoms with Crippen molar-refractivity contribution in [3.05, 3.63) is 71.8 Å². The van der Waals surface area contributed by atoms with Gasteiger partial charge < -0.3 is 31.1 Å². The molecule has 4 spiro atoms. The lowest BCUT2D eigenvalue weighted by Crippen LogP contribution is -2.31. The number of aliphatic hydroxyl groups is 4. The van der Waals surface area contributed by atoms with Crippen LogP contribution in [-0.2, 0) is 13.1 Å². The van der Waals surface area contributed by atoms with Crippen LogP contribution in [0.25, 0.3) is 0 Å². The molecule has 58 heavy (non-hydrogen) atoms. The molecular weight excluding hydrogens is 721 g/mol. The minimum absolute atomic E-state index is 0.296. The molecule has 6 N–H and O–H groups in total. The molecule has 4 saturated carbocycles. The molecule has 0 amide bonds. The first-order valence-electron chi connectivity index (χ1n) is 22.8. The first-order chi connectivity index (χ1) is 27.3. The summed E-state index contributed by atoms with van der Waals surface area (Å²) in [6, 6.07) is 22.7. The standard InChI is InChI=1S/2C16H23NO.2C9H17NO/c2*1-15(2)11-16(15)8-14(10-18)17(12-16)9-13-6-4-3-5-7-13;2*1-8(2)5-9(8)3-7(4-11)10-6-9/h2*3-7,14,18H,8-12H2,1-2H3;2*7,10-11H,3-6H2,1-2H3. The van der Waals surface area contributed by atoms with Crippen molar-refractivity contribution in [3.63, 3.8) is 0 Å². The van der Waals surface area contributed by atoms with Crippen molar-refractivity contribution in [3.8, 4) is 0 Å². The number of hydrogen-bond donors (Lipinski definition) is 6. The van der Waals surface area contributed by atoms with Crippen LogP contribution in [0.3, 0.4) is 0 Å². The first-order valence-corrected chi connectivity index (χ1v) is 22.8. The zero-order valence-electron chi connectivity index (χ0n) is 37.5. The molecule has 2 aromatic carbocycles. The molecule has 8 nitrogen and oxygen atoms in total. The van der Waals surface area contributed by atoms with Crippen LogP contribution in [0.15, 0.2) is 60.7 Å². The van der Waals surface area contributed by atoms with E-state index in [-0.39, 0.29) is 0 Å². The fraction of sp³-hybridized carbons (Fsp3) is 0.760. The van der Waals surface area contributed by atoms with E-state index in [2.05, 4.69) is 136 Å². The predicted octanol–water partition coefficient (Wildman–Crippen LogP) is 6.85. The van der Waals surface area contributed by atoms with Crippen LogP contribution in [0.2, 0.25) is 0 Å². The summed E-state index contributed by atoms with van der Waals surface area (Å²) in [5.41, 5.74) is 6.77. The molecular formula is C50H80N4O4. The van der Waals surface area contributed by atoms with Gasteiger partial charge in [0.2, 0.25) is 0 Å². The number of aliphatic hydroxyl groups excluding tert-OH is 4. The lowest BCUT2D eigenvalue weighted by molar-refractivity contribution is 0.153. The van der Waals surface area contributed by atoms with E-state index in [1.54, 1.807) is 0 Å². The average molecular weight is 801 g/mol. The minimum Gasteiger partial charge on any atom is -0.395 e. The molecule has 0 bridgehead atoms. The van der Waals surface area contributed by atoms with Gasteiger partial charge in [-0.1, -0.05) is 116 Å². The number of hydrogen-bond acceptors (Lipinski definition) is 8. The molecule has 324 valence electrons. The van der Waals surface area contributed by atoms with Crippen LogP contribution in [-0.4, -0.2) is 107 Å². The fourth-order valence-corrected chi connectivity index (χ4v) is 12.6. The van der Waals surface area contributed by atoms with Gasteiger partial charge in [-0.3, -0.25) is 9.80 Å². The third kappa shape index (κ3) is 8.75. The van der Waals surface area contributed by atoms with Gasteiger partial charge in [-0.05, 0) is 106 Å². The smallest absolute Gasteiger partial charge is 0.0587 e. The highest BCUT2D eigenvalue weighted by atomic mass is 16.3. The zero-order valence-corrected chi connectivity index (χ0v) is 37.5. The van der Waals surface area contributed by atoms with Crippen molar-refractivity contribution in [1.29, 1.82) is 0 Å². The highest BCUT2D eigenvalue weighted by molar-refractivity contribution is 5.21. The minimum atomic E-state index is 0.296. The normalized spacial score (nSPS) is 38.8. The van der Waals surface area contributed by atoms with Crippen LogP contribution < -0.4 is 10.6 Å². The van der Waals surface area contributed by atoms with E-state index in [0.29, 0.717) is 93.9 Å². The van der Waals surface area contributed by atoms with Crippen molar-refractivity contribution in [1.82, 2.24) is 20.4 Å². The number of nitrogens with one attached hydrogen (secondary N) is 2. The molecule has 4 aliphatic carbocycles. The molecule has 0 aromatic heterocycles. The van der Waals surface area contributed by atoms with Gasteiger partial charge in [0, 0.05) is 63.4 Å². The molecule has 8 unspecified atom stereocenters. The lowest BCUT2D eigenvalue weighted by Gasteiger charge is -2.22. The summed E-state index contributed by atoms with van der Waals surface area (Å²) >= 11 is 0. The second kappa shape index (κ2) is 16.1. The molecule has 4 saturated heterocycles. The van der Waals surface area contributed by atoms with Gasteiger partial charge in [-0.25, -0.2) is 0 Å². The predicted molar refractivity (Wildman–Crippen MR) is 235 cm³/mol. The topological polar surface area (TPSA) is 111 Å². The van der Waals surface area contributed by atoms with Gasteiger partial charge >= 0.3 is 0 Å². The molecule has 2 aromatic rings. The van der Waals surface area contributed by atoms with Gasteiger partial charge in [-0.15, -0.1) is 0 Å². The second-order valence-electron chi connectivity index (χ2n) is 23.2. The maximum Gasteiger partial charge on any atom is 0.0587 e. The Balaban J connectivity index is 0.000000121. The average Bonchev–Trinajstić information content (AvgIpc) is 3.86. The quantitative estimate of drug-likeness (QED) is 0.172. The summed E-state index contributed by atoms with van der Waals surface area (Å²) in [4.78, 5) is 4.95. The van der Waals surface area contributed by atoms with E-state index in [1.807, 2.05) is 0 Å². The zero-order chi connectivity index (χ0) is 41.8. The number of rotatable bonds is 8. The Labute approximate surface area is 351 Å². The summed E-state index contributed by atoms with van der Waals surface area (Å²) in [5.74, 6) is 0. The maximum atomic E-state index is 9.60. The van der Waals surface area contributed by atoms with Gasteiger partial charge in [0.05, 0.1) is 26.4 Å². The molecule has 0 radical (unpaired) electrons. The Morgan fingerprint density at radius 1 is 0.466 bits per heavy atom. The number of benzene rings is 2. The summed E-state index contributed by atoms with van der Waals surface area (Å²) < 4.78 is 0. The highest BCUT2D eigenvalue weighted by Gasteiger charge is 2.67. The van der Waals surface area contributed by atoms with Crippen LogP contribution in [0.5, 0.6) is 0 Å². The Bertz CT molecular complexity index is 1560. The number of likely N-dealkylation sites (tertiary alicyclic amines) is 2. The summed E-state index contributed by atoms with van der Waals surface area (Å²) in [5, 5.41) is 43.8. The Morgan fingerprint density at radius 2 is 0.776 bits per heavy atom. The SMILES string of the molecule is CC1(C)CC12CC(CO)N(Cc1ccccc1)C2.CC1(C)CC12CC(CO)N(Cc1ccccc1)C2.CC1(C)CC12CNC(CO)C2.CC1(C)CC12CNC(CO)C2. The van der Waals surface area contributed by atoms with E-state index in [1.165, 1.54) is 62.5 Å². The van der Waals surface area contributed by atoms with Crippen LogP contribution in [0.1, 0.15) is 118 Å². The van der Waals surface area contributed by atoms with Crippen LogP contribution in [0.4, 0.5) is 0 Å². The van der Waals surface area contributed by atoms with E-state index in [0.717, 1.165) is 39.3 Å². The molecule has 8 atom stereocenters. The maximum absolute atomic E-state index is 9.60. The molecule has 4 aliphatic heterocycles. The van der Waals surface area contributed by atoms with Crippen LogP contribution in [0, 0.1) is 43.3 Å². The Hall–Kier alpha value is -1.88. The van der Waals surface area contributed by atoms with Crippen LogP contribution >= 0.6 is 0 Å². The molecule has 10 rings (SSSR count). The van der Waals surface area contributed by atoms with E-state index in [4.69, 9.17) is 10.2 Å². The van der Waals surface area contributed by atoms with Gasteiger partial charge in [0.1, 0.15) is 0 Å². The molecule has 4 heterocycles. The van der Waals surface area contributed by atoms with E-state index >= 15 is 0 Å². The van der Waals surface area contributed by atoms with Gasteiger partial charge in [-0.2, -0.15) is 0 Å². The second-order valence-corrected chi connectivity index (χ2v) is 23.2. The molecule has 8 fully saturated rings. The van der Waals surface area contributed by atoms with Crippen molar-refractivity contribution in [2.75, 3.05) is 52.6 Å².